The number of fused-ring (bicyclic) bond motifs is 1. The van der Waals surface area contributed by atoms with E-state index in [-0.39, 0.29) is 23.1 Å². The third-order valence-corrected chi connectivity index (χ3v) is 3.33. The van der Waals surface area contributed by atoms with Crippen LogP contribution < -0.4 is 10.9 Å². The number of nitrogens with one attached hydrogen (secondary N) is 1. The molecule has 0 amide bonds. The molecule has 0 aliphatic heterocycles. The first-order valence-electron chi connectivity index (χ1n) is 7.05. The van der Waals surface area contributed by atoms with Crippen LogP contribution in [0.15, 0.2) is 41.5 Å². The second-order valence-corrected chi connectivity index (χ2v) is 5.38. The summed E-state index contributed by atoms with van der Waals surface area (Å²) in [5.41, 5.74) is 0.900. The molecule has 0 saturated heterocycles. The van der Waals surface area contributed by atoms with Gasteiger partial charge in [0.05, 0.1) is 17.2 Å². The molecule has 0 aliphatic rings. The minimum Gasteiger partial charge on any atom is -0.335 e. The molecule has 118 valence electrons. The molecule has 0 radical (unpaired) electrons. The molecule has 2 aromatic heterocycles. The summed E-state index contributed by atoms with van der Waals surface area (Å²) in [5, 5.41) is 2.70. The lowest BCUT2D eigenvalue weighted by Crippen LogP contribution is -2.26. The van der Waals surface area contributed by atoms with E-state index in [1.165, 1.54) is 4.57 Å². The molecule has 1 N–H and O–H groups in total. The van der Waals surface area contributed by atoms with Crippen molar-refractivity contribution >= 4 is 22.5 Å². The van der Waals surface area contributed by atoms with Gasteiger partial charge >= 0.3 is 0 Å². The Hall–Kier alpha value is -2.83. The number of pyridine rings is 1. The molecule has 0 unspecified atom stereocenters. The Morgan fingerprint density at radius 3 is 2.52 bits per heavy atom. The van der Waals surface area contributed by atoms with E-state index < -0.39 is 11.6 Å². The summed E-state index contributed by atoms with van der Waals surface area (Å²) in [5.74, 6) is -1.47. The summed E-state index contributed by atoms with van der Waals surface area (Å²) >= 11 is 0. The lowest BCUT2D eigenvalue weighted by molar-refractivity contribution is 0.584. The monoisotopic (exact) mass is 316 g/mol. The standard InChI is InChI=1S/C16H14F2N4O/c1-9(2)22-14-8-19-4-3-13(14)21-15(16(22)23)20-12-6-10(17)5-11(18)7-12/h3-9H,1-2H3,(H,20,21). The molecule has 23 heavy (non-hydrogen) atoms. The van der Waals surface area contributed by atoms with Gasteiger partial charge in [-0.25, -0.2) is 13.8 Å². The fraction of sp³-hybridized carbons (Fsp3) is 0.188. The summed E-state index contributed by atoms with van der Waals surface area (Å²) in [4.78, 5) is 20.9. The van der Waals surface area contributed by atoms with E-state index in [4.69, 9.17) is 0 Å². The number of nitrogens with zero attached hydrogens (tertiary/aromatic N) is 3. The van der Waals surface area contributed by atoms with Gasteiger partial charge in [-0.2, -0.15) is 0 Å². The second kappa shape index (κ2) is 5.75. The highest BCUT2D eigenvalue weighted by atomic mass is 19.1. The molecule has 0 saturated carbocycles. The lowest BCUT2D eigenvalue weighted by Gasteiger charge is -2.15. The Labute approximate surface area is 130 Å². The van der Waals surface area contributed by atoms with Gasteiger partial charge in [0, 0.05) is 24.0 Å². The normalized spacial score (nSPS) is 11.2. The molecule has 7 heteroatoms. The van der Waals surface area contributed by atoms with Gasteiger partial charge in [-0.1, -0.05) is 0 Å². The van der Waals surface area contributed by atoms with E-state index in [1.54, 1.807) is 18.5 Å². The lowest BCUT2D eigenvalue weighted by atomic mass is 10.3. The van der Waals surface area contributed by atoms with Crippen molar-refractivity contribution in [1.82, 2.24) is 14.5 Å². The first kappa shape index (κ1) is 15.1. The van der Waals surface area contributed by atoms with Crippen molar-refractivity contribution in [3.63, 3.8) is 0 Å². The Bertz CT molecular complexity index is 917. The Morgan fingerprint density at radius 2 is 1.87 bits per heavy atom. The SMILES string of the molecule is CC(C)n1c(=O)c(Nc2cc(F)cc(F)c2)nc2ccncc21. The van der Waals surface area contributed by atoms with Crippen LogP contribution in [0.25, 0.3) is 11.0 Å². The van der Waals surface area contributed by atoms with Crippen LogP contribution in [0.2, 0.25) is 0 Å². The van der Waals surface area contributed by atoms with Gasteiger partial charge in [-0.15, -0.1) is 0 Å². The van der Waals surface area contributed by atoms with Crippen LogP contribution in [-0.2, 0) is 0 Å². The van der Waals surface area contributed by atoms with Crippen LogP contribution >= 0.6 is 0 Å². The smallest absolute Gasteiger partial charge is 0.294 e. The Balaban J connectivity index is 2.18. The van der Waals surface area contributed by atoms with Crippen LogP contribution in [0.5, 0.6) is 0 Å². The van der Waals surface area contributed by atoms with Gasteiger partial charge in [0.2, 0.25) is 0 Å². The van der Waals surface area contributed by atoms with Crippen molar-refractivity contribution in [2.75, 3.05) is 5.32 Å². The average Bonchev–Trinajstić information content (AvgIpc) is 2.46. The molecular weight excluding hydrogens is 302 g/mol. The topological polar surface area (TPSA) is 59.8 Å². The molecule has 3 rings (SSSR count). The zero-order chi connectivity index (χ0) is 16.6. The van der Waals surface area contributed by atoms with Gasteiger partial charge < -0.3 is 5.32 Å². The molecule has 0 spiro atoms. The number of hydrogen-bond donors (Lipinski definition) is 1. The number of halogens is 2. The first-order chi connectivity index (χ1) is 11.0. The molecule has 5 nitrogen and oxygen atoms in total. The predicted molar refractivity (Wildman–Crippen MR) is 83.8 cm³/mol. The molecule has 0 aliphatic carbocycles. The number of aromatic nitrogens is 3. The maximum absolute atomic E-state index is 13.3. The summed E-state index contributed by atoms with van der Waals surface area (Å²) in [6.45, 7) is 3.72. The van der Waals surface area contributed by atoms with Gasteiger partial charge in [-0.3, -0.25) is 14.3 Å². The third-order valence-electron chi connectivity index (χ3n) is 3.33. The largest absolute Gasteiger partial charge is 0.335 e. The van der Waals surface area contributed by atoms with Gasteiger partial charge in [0.1, 0.15) is 11.6 Å². The van der Waals surface area contributed by atoms with Crippen LogP contribution in [-0.4, -0.2) is 14.5 Å². The zero-order valence-electron chi connectivity index (χ0n) is 12.5. The number of benzene rings is 1. The minimum atomic E-state index is -0.735. The summed E-state index contributed by atoms with van der Waals surface area (Å²) < 4.78 is 28.1. The maximum atomic E-state index is 13.3. The molecule has 2 heterocycles. The van der Waals surface area contributed by atoms with Crippen LogP contribution in [0.1, 0.15) is 19.9 Å². The maximum Gasteiger partial charge on any atom is 0.294 e. The fourth-order valence-electron chi connectivity index (χ4n) is 2.41. The van der Waals surface area contributed by atoms with Crippen LogP contribution in [0.3, 0.4) is 0 Å². The predicted octanol–water partition coefficient (Wildman–Crippen LogP) is 3.39. The highest BCUT2D eigenvalue weighted by Gasteiger charge is 2.14. The zero-order valence-corrected chi connectivity index (χ0v) is 12.5. The van der Waals surface area contributed by atoms with Gasteiger partial charge in [0.25, 0.3) is 5.56 Å². The Kier molecular flexibility index (Phi) is 3.77. The van der Waals surface area contributed by atoms with Crippen molar-refractivity contribution in [3.8, 4) is 0 Å². The van der Waals surface area contributed by atoms with E-state index >= 15 is 0 Å². The van der Waals surface area contributed by atoms with Crippen molar-refractivity contribution in [3.05, 3.63) is 58.6 Å². The quantitative estimate of drug-likeness (QED) is 0.804. The van der Waals surface area contributed by atoms with E-state index in [0.29, 0.717) is 11.0 Å². The van der Waals surface area contributed by atoms with Crippen molar-refractivity contribution < 1.29 is 8.78 Å². The molecule has 0 atom stereocenters. The fourth-order valence-corrected chi connectivity index (χ4v) is 2.41. The van der Waals surface area contributed by atoms with Crippen molar-refractivity contribution in [2.24, 2.45) is 0 Å². The van der Waals surface area contributed by atoms with Crippen LogP contribution in [0.4, 0.5) is 20.3 Å². The van der Waals surface area contributed by atoms with E-state index in [2.05, 4.69) is 15.3 Å². The van der Waals surface area contributed by atoms with Gasteiger partial charge in [-0.05, 0) is 32.0 Å². The molecular formula is C16H14F2N4O. The number of rotatable bonds is 3. The van der Waals surface area contributed by atoms with Crippen molar-refractivity contribution in [2.45, 2.75) is 19.9 Å². The van der Waals surface area contributed by atoms with E-state index in [0.717, 1.165) is 18.2 Å². The molecule has 0 bridgehead atoms. The number of hydrogen-bond acceptors (Lipinski definition) is 4. The second-order valence-electron chi connectivity index (χ2n) is 5.38. The molecule has 1 aromatic carbocycles. The number of anilines is 2. The molecule has 3 aromatic rings. The summed E-state index contributed by atoms with van der Waals surface area (Å²) in [6.07, 6.45) is 3.13. The first-order valence-corrected chi connectivity index (χ1v) is 7.05. The van der Waals surface area contributed by atoms with Gasteiger partial charge in [0.15, 0.2) is 5.82 Å². The highest BCUT2D eigenvalue weighted by molar-refractivity contribution is 5.76. The van der Waals surface area contributed by atoms with E-state index in [9.17, 15) is 13.6 Å². The summed E-state index contributed by atoms with van der Waals surface area (Å²) in [7, 11) is 0. The van der Waals surface area contributed by atoms with Crippen molar-refractivity contribution in [1.29, 1.82) is 0 Å². The highest BCUT2D eigenvalue weighted by Crippen LogP contribution is 2.19. The summed E-state index contributed by atoms with van der Waals surface area (Å²) in [6, 6.07) is 4.51. The van der Waals surface area contributed by atoms with E-state index in [1.807, 2.05) is 13.8 Å². The van der Waals surface area contributed by atoms with Crippen LogP contribution in [0, 0.1) is 11.6 Å². The average molecular weight is 316 g/mol. The molecule has 0 fully saturated rings. The third kappa shape index (κ3) is 2.90. The Morgan fingerprint density at radius 1 is 1.17 bits per heavy atom. The minimum absolute atomic E-state index is 0.00222.